The van der Waals surface area contributed by atoms with Gasteiger partial charge in [-0.3, -0.25) is 9.59 Å². The van der Waals surface area contributed by atoms with Crippen molar-refractivity contribution >= 4 is 23.2 Å². The highest BCUT2D eigenvalue weighted by molar-refractivity contribution is 6.04. The van der Waals surface area contributed by atoms with E-state index in [0.717, 1.165) is 25.7 Å². The number of hydrogen-bond donors (Lipinski definition) is 2. The molecule has 154 valence electrons. The Bertz CT molecular complexity index is 814. The van der Waals surface area contributed by atoms with E-state index in [9.17, 15) is 9.59 Å². The molecule has 1 fully saturated rings. The maximum absolute atomic E-state index is 12.5. The van der Waals surface area contributed by atoms with Gasteiger partial charge in [0, 0.05) is 30.0 Å². The number of amides is 2. The molecule has 2 aromatic carbocycles. The fraction of sp³-hybridized carbons (Fsp3) is 0.391. The van der Waals surface area contributed by atoms with Crippen LogP contribution < -0.4 is 15.4 Å². The highest BCUT2D eigenvalue weighted by Gasteiger charge is 2.21. The Morgan fingerprint density at radius 3 is 2.31 bits per heavy atom. The van der Waals surface area contributed by atoms with Crippen LogP contribution in [-0.2, 0) is 9.53 Å². The molecule has 0 aromatic heterocycles. The molecule has 0 unspecified atom stereocenters. The SMILES string of the molecule is COCCOc1ccc(C(=O)Nc2cccc(NC(=O)C3CCCCC3)c2)cc1. The zero-order valence-corrected chi connectivity index (χ0v) is 16.8. The maximum atomic E-state index is 12.5. The van der Waals surface area contributed by atoms with Crippen molar-refractivity contribution in [1.29, 1.82) is 0 Å². The third-order valence-electron chi connectivity index (χ3n) is 5.04. The second-order valence-electron chi connectivity index (χ2n) is 7.22. The summed E-state index contributed by atoms with van der Waals surface area (Å²) in [5, 5.41) is 5.85. The van der Waals surface area contributed by atoms with E-state index >= 15 is 0 Å². The van der Waals surface area contributed by atoms with Gasteiger partial charge in [-0.2, -0.15) is 0 Å². The highest BCUT2D eigenvalue weighted by Crippen LogP contribution is 2.25. The van der Waals surface area contributed by atoms with E-state index in [1.807, 2.05) is 12.1 Å². The van der Waals surface area contributed by atoms with Gasteiger partial charge in [0.05, 0.1) is 6.61 Å². The monoisotopic (exact) mass is 396 g/mol. The molecule has 2 aromatic rings. The first-order valence-corrected chi connectivity index (χ1v) is 10.1. The van der Waals surface area contributed by atoms with Crippen LogP contribution in [0.25, 0.3) is 0 Å². The van der Waals surface area contributed by atoms with Crippen molar-refractivity contribution in [2.75, 3.05) is 31.0 Å². The number of ether oxygens (including phenoxy) is 2. The Morgan fingerprint density at radius 2 is 1.62 bits per heavy atom. The molecule has 0 radical (unpaired) electrons. The number of hydrogen-bond acceptors (Lipinski definition) is 4. The van der Waals surface area contributed by atoms with Gasteiger partial charge in [0.2, 0.25) is 5.91 Å². The Hall–Kier alpha value is -2.86. The Balaban J connectivity index is 1.56. The van der Waals surface area contributed by atoms with Crippen LogP contribution in [-0.4, -0.2) is 32.1 Å². The predicted octanol–water partition coefficient (Wildman–Crippen LogP) is 4.48. The molecule has 6 heteroatoms. The molecule has 3 rings (SSSR count). The second-order valence-corrected chi connectivity index (χ2v) is 7.22. The maximum Gasteiger partial charge on any atom is 0.255 e. The van der Waals surface area contributed by atoms with Gasteiger partial charge in [0.15, 0.2) is 0 Å². The minimum absolute atomic E-state index is 0.0669. The van der Waals surface area contributed by atoms with Gasteiger partial charge in [0.1, 0.15) is 12.4 Å². The minimum atomic E-state index is -0.218. The average Bonchev–Trinajstić information content (AvgIpc) is 2.75. The summed E-state index contributed by atoms with van der Waals surface area (Å²) < 4.78 is 10.4. The van der Waals surface area contributed by atoms with Gasteiger partial charge in [-0.1, -0.05) is 25.3 Å². The van der Waals surface area contributed by atoms with E-state index in [-0.39, 0.29) is 17.7 Å². The van der Waals surface area contributed by atoms with E-state index in [1.165, 1.54) is 6.42 Å². The Labute approximate surface area is 171 Å². The van der Waals surface area contributed by atoms with Crippen LogP contribution in [0.2, 0.25) is 0 Å². The average molecular weight is 396 g/mol. The molecule has 0 atom stereocenters. The summed E-state index contributed by atoms with van der Waals surface area (Å²) in [5.41, 5.74) is 1.86. The molecule has 0 saturated heterocycles. The number of nitrogens with one attached hydrogen (secondary N) is 2. The van der Waals surface area contributed by atoms with E-state index < -0.39 is 0 Å². The molecule has 2 amide bonds. The lowest BCUT2D eigenvalue weighted by Gasteiger charge is -2.20. The van der Waals surface area contributed by atoms with Crippen LogP contribution >= 0.6 is 0 Å². The van der Waals surface area contributed by atoms with Gasteiger partial charge in [-0.05, 0) is 55.3 Å². The quantitative estimate of drug-likeness (QED) is 0.645. The Kier molecular flexibility index (Phi) is 7.64. The molecule has 1 aliphatic rings. The van der Waals surface area contributed by atoms with Gasteiger partial charge in [-0.25, -0.2) is 0 Å². The van der Waals surface area contributed by atoms with Crippen LogP contribution in [0.15, 0.2) is 48.5 Å². The molecule has 6 nitrogen and oxygen atoms in total. The van der Waals surface area contributed by atoms with E-state index in [1.54, 1.807) is 43.5 Å². The van der Waals surface area contributed by atoms with Crippen molar-refractivity contribution in [3.05, 3.63) is 54.1 Å². The van der Waals surface area contributed by atoms with Crippen LogP contribution in [0, 0.1) is 5.92 Å². The number of carbonyl (C=O) groups is 2. The van der Waals surface area contributed by atoms with Crippen molar-refractivity contribution in [2.24, 2.45) is 5.92 Å². The number of rotatable bonds is 8. The first kappa shape index (κ1) is 20.9. The number of carbonyl (C=O) groups excluding carboxylic acids is 2. The lowest BCUT2D eigenvalue weighted by atomic mass is 9.88. The fourth-order valence-corrected chi connectivity index (χ4v) is 3.43. The second kappa shape index (κ2) is 10.6. The zero-order chi connectivity index (χ0) is 20.5. The van der Waals surface area contributed by atoms with Crippen molar-refractivity contribution in [1.82, 2.24) is 0 Å². The number of anilines is 2. The summed E-state index contributed by atoms with van der Waals surface area (Å²) in [5.74, 6) is 0.624. The smallest absolute Gasteiger partial charge is 0.255 e. The molecule has 0 spiro atoms. The minimum Gasteiger partial charge on any atom is -0.491 e. The summed E-state index contributed by atoms with van der Waals surface area (Å²) in [6, 6.07) is 14.2. The lowest BCUT2D eigenvalue weighted by molar-refractivity contribution is -0.120. The lowest BCUT2D eigenvalue weighted by Crippen LogP contribution is -2.24. The summed E-state index contributed by atoms with van der Waals surface area (Å²) in [4.78, 5) is 24.9. The molecule has 0 heterocycles. The number of benzene rings is 2. The third kappa shape index (κ3) is 6.32. The van der Waals surface area contributed by atoms with Crippen LogP contribution in [0.5, 0.6) is 5.75 Å². The van der Waals surface area contributed by atoms with Crippen molar-refractivity contribution in [2.45, 2.75) is 32.1 Å². The molecule has 1 saturated carbocycles. The van der Waals surface area contributed by atoms with E-state index in [4.69, 9.17) is 9.47 Å². The summed E-state index contributed by atoms with van der Waals surface area (Å²) in [6.07, 6.45) is 5.35. The van der Waals surface area contributed by atoms with Crippen molar-refractivity contribution in [3.63, 3.8) is 0 Å². The normalized spacial score (nSPS) is 14.2. The summed E-state index contributed by atoms with van der Waals surface area (Å²) >= 11 is 0. The van der Waals surface area contributed by atoms with Crippen molar-refractivity contribution < 1.29 is 19.1 Å². The largest absolute Gasteiger partial charge is 0.491 e. The predicted molar refractivity (Wildman–Crippen MR) is 113 cm³/mol. The molecule has 1 aliphatic carbocycles. The highest BCUT2D eigenvalue weighted by atomic mass is 16.5. The van der Waals surface area contributed by atoms with Crippen LogP contribution in [0.3, 0.4) is 0 Å². The van der Waals surface area contributed by atoms with Crippen molar-refractivity contribution in [3.8, 4) is 5.75 Å². The molecule has 0 bridgehead atoms. The summed E-state index contributed by atoms with van der Waals surface area (Å²) in [6.45, 7) is 0.970. The Morgan fingerprint density at radius 1 is 0.931 bits per heavy atom. The zero-order valence-electron chi connectivity index (χ0n) is 16.8. The van der Waals surface area contributed by atoms with Gasteiger partial charge >= 0.3 is 0 Å². The standard InChI is InChI=1S/C23H28N2O4/c1-28-14-15-29-21-12-10-18(11-13-21)23(27)25-20-9-5-8-19(16-20)24-22(26)17-6-3-2-4-7-17/h5,8-13,16-17H,2-4,6-7,14-15H2,1H3,(H,24,26)(H,25,27). The van der Waals surface area contributed by atoms with Gasteiger partial charge in [-0.15, -0.1) is 0 Å². The fourth-order valence-electron chi connectivity index (χ4n) is 3.43. The topological polar surface area (TPSA) is 76.7 Å². The van der Waals surface area contributed by atoms with Gasteiger partial charge < -0.3 is 20.1 Å². The molecular formula is C23H28N2O4. The molecule has 2 N–H and O–H groups in total. The van der Waals surface area contributed by atoms with Crippen LogP contribution in [0.4, 0.5) is 11.4 Å². The first-order valence-electron chi connectivity index (χ1n) is 10.1. The third-order valence-corrected chi connectivity index (χ3v) is 5.04. The molecule has 29 heavy (non-hydrogen) atoms. The molecular weight excluding hydrogens is 368 g/mol. The van der Waals surface area contributed by atoms with Gasteiger partial charge in [0.25, 0.3) is 5.91 Å². The molecule has 0 aliphatic heterocycles. The van der Waals surface area contributed by atoms with Crippen LogP contribution in [0.1, 0.15) is 42.5 Å². The van der Waals surface area contributed by atoms with E-state index in [2.05, 4.69) is 10.6 Å². The first-order chi connectivity index (χ1) is 14.2. The number of methoxy groups -OCH3 is 1. The van der Waals surface area contributed by atoms with E-state index in [0.29, 0.717) is 35.9 Å². The summed E-state index contributed by atoms with van der Waals surface area (Å²) in [7, 11) is 1.62.